The van der Waals surface area contributed by atoms with Gasteiger partial charge in [0.15, 0.2) is 5.76 Å². The Kier molecular flexibility index (Phi) is 3.67. The van der Waals surface area contributed by atoms with Gasteiger partial charge in [0.25, 0.3) is 5.78 Å². The molecular formula is C19H14O3. The Balaban J connectivity index is 1.94. The topological polar surface area (TPSA) is 39.4 Å². The molecule has 2 aromatic carbocycles. The number of carbonyl (C=O) groups is 1. The van der Waals surface area contributed by atoms with Crippen LogP contribution in [0, 0.1) is 18.8 Å². The fourth-order valence-corrected chi connectivity index (χ4v) is 2.28. The van der Waals surface area contributed by atoms with Crippen molar-refractivity contribution in [1.82, 2.24) is 0 Å². The van der Waals surface area contributed by atoms with Gasteiger partial charge in [0.1, 0.15) is 11.3 Å². The molecule has 0 bridgehead atoms. The van der Waals surface area contributed by atoms with Crippen LogP contribution < -0.4 is 4.74 Å². The quantitative estimate of drug-likeness (QED) is 0.529. The minimum absolute atomic E-state index is 0.302. The number of fused-ring (bicyclic) bond motifs is 1. The van der Waals surface area contributed by atoms with Gasteiger partial charge in [-0.15, -0.1) is 0 Å². The highest BCUT2D eigenvalue weighted by molar-refractivity contribution is 6.10. The third-order valence-corrected chi connectivity index (χ3v) is 3.44. The molecule has 0 amide bonds. The molecule has 1 aromatic heterocycles. The van der Waals surface area contributed by atoms with Gasteiger partial charge in [-0.05, 0) is 37.1 Å². The Bertz CT molecular complexity index is 907. The van der Waals surface area contributed by atoms with Gasteiger partial charge in [0.2, 0.25) is 0 Å². The van der Waals surface area contributed by atoms with E-state index < -0.39 is 0 Å². The van der Waals surface area contributed by atoms with Crippen molar-refractivity contribution in [3.8, 4) is 17.6 Å². The van der Waals surface area contributed by atoms with Gasteiger partial charge in [0.05, 0.1) is 7.11 Å². The van der Waals surface area contributed by atoms with E-state index in [9.17, 15) is 4.79 Å². The Morgan fingerprint density at radius 3 is 2.73 bits per heavy atom. The summed E-state index contributed by atoms with van der Waals surface area (Å²) >= 11 is 0. The summed E-state index contributed by atoms with van der Waals surface area (Å²) in [5.41, 5.74) is 2.24. The van der Waals surface area contributed by atoms with E-state index in [4.69, 9.17) is 9.15 Å². The van der Waals surface area contributed by atoms with Crippen molar-refractivity contribution in [3.63, 3.8) is 0 Å². The zero-order valence-electron chi connectivity index (χ0n) is 12.3. The van der Waals surface area contributed by atoms with Gasteiger partial charge in [-0.3, -0.25) is 4.79 Å². The van der Waals surface area contributed by atoms with Gasteiger partial charge in [-0.1, -0.05) is 30.2 Å². The van der Waals surface area contributed by atoms with Crippen molar-refractivity contribution >= 4 is 16.8 Å². The van der Waals surface area contributed by atoms with Gasteiger partial charge in [-0.2, -0.15) is 0 Å². The fraction of sp³-hybridized carbons (Fsp3) is 0.105. The standard InChI is InChI=1S/C19H14O3/c1-13-16-8-3-4-9-18(16)22-19(13)17(20)11-10-14-6-5-7-15(12-14)21-2/h3-9,12H,1-2H3. The Morgan fingerprint density at radius 2 is 1.95 bits per heavy atom. The van der Waals surface area contributed by atoms with Crippen LogP contribution in [0.25, 0.3) is 11.0 Å². The molecule has 3 nitrogen and oxygen atoms in total. The van der Waals surface area contributed by atoms with E-state index >= 15 is 0 Å². The molecule has 0 radical (unpaired) electrons. The maximum atomic E-state index is 12.3. The van der Waals surface area contributed by atoms with Crippen LogP contribution in [0.2, 0.25) is 0 Å². The van der Waals surface area contributed by atoms with Crippen molar-refractivity contribution in [1.29, 1.82) is 0 Å². The minimum atomic E-state index is -0.323. The van der Waals surface area contributed by atoms with Gasteiger partial charge >= 0.3 is 0 Å². The molecule has 0 saturated carbocycles. The molecule has 3 rings (SSSR count). The summed E-state index contributed by atoms with van der Waals surface area (Å²) in [6.07, 6.45) is 0. The summed E-state index contributed by atoms with van der Waals surface area (Å²) in [4.78, 5) is 12.3. The maximum absolute atomic E-state index is 12.3. The van der Waals surface area contributed by atoms with Crippen LogP contribution in [-0.4, -0.2) is 12.9 Å². The van der Waals surface area contributed by atoms with Crippen LogP contribution in [0.5, 0.6) is 5.75 Å². The zero-order valence-corrected chi connectivity index (χ0v) is 12.3. The molecule has 0 aliphatic rings. The van der Waals surface area contributed by atoms with Crippen molar-refractivity contribution < 1.29 is 13.9 Å². The Morgan fingerprint density at radius 1 is 1.14 bits per heavy atom. The molecule has 0 unspecified atom stereocenters. The number of aryl methyl sites for hydroxylation is 1. The molecule has 0 atom stereocenters. The maximum Gasteiger partial charge on any atom is 0.271 e. The molecule has 0 saturated heterocycles. The smallest absolute Gasteiger partial charge is 0.271 e. The first-order valence-corrected chi connectivity index (χ1v) is 6.87. The first-order valence-electron chi connectivity index (χ1n) is 6.87. The molecule has 0 fully saturated rings. The van der Waals surface area contributed by atoms with Gasteiger partial charge < -0.3 is 9.15 Å². The van der Waals surface area contributed by atoms with Crippen molar-refractivity contribution in [2.75, 3.05) is 7.11 Å². The van der Waals surface area contributed by atoms with Crippen LogP contribution in [0.15, 0.2) is 52.9 Å². The van der Waals surface area contributed by atoms with Crippen molar-refractivity contribution in [2.45, 2.75) is 6.92 Å². The lowest BCUT2D eigenvalue weighted by Gasteiger charge is -1.98. The largest absolute Gasteiger partial charge is 0.497 e. The number of hydrogen-bond acceptors (Lipinski definition) is 3. The average molecular weight is 290 g/mol. The molecule has 108 valence electrons. The Hall–Kier alpha value is -2.99. The second-order valence-corrected chi connectivity index (χ2v) is 4.86. The normalized spacial score (nSPS) is 10.1. The third kappa shape index (κ3) is 2.59. The molecule has 3 aromatic rings. The number of carbonyl (C=O) groups excluding carboxylic acids is 1. The number of para-hydroxylation sites is 1. The summed E-state index contributed by atoms with van der Waals surface area (Å²) in [7, 11) is 1.59. The van der Waals surface area contributed by atoms with Crippen molar-refractivity contribution in [3.05, 3.63) is 65.4 Å². The summed E-state index contributed by atoms with van der Waals surface area (Å²) in [5.74, 6) is 6.17. The van der Waals surface area contributed by atoms with Crippen LogP contribution in [0.4, 0.5) is 0 Å². The number of methoxy groups -OCH3 is 1. The van der Waals surface area contributed by atoms with E-state index in [2.05, 4.69) is 11.8 Å². The molecular weight excluding hydrogens is 276 g/mol. The number of rotatable bonds is 2. The first kappa shape index (κ1) is 14.0. The van der Waals surface area contributed by atoms with Crippen LogP contribution in [0.3, 0.4) is 0 Å². The number of hydrogen-bond donors (Lipinski definition) is 0. The second kappa shape index (κ2) is 5.79. The summed E-state index contributed by atoms with van der Waals surface area (Å²) < 4.78 is 10.8. The zero-order chi connectivity index (χ0) is 15.5. The predicted molar refractivity (Wildman–Crippen MR) is 85.2 cm³/mol. The molecule has 0 aliphatic heterocycles. The second-order valence-electron chi connectivity index (χ2n) is 4.86. The van der Waals surface area contributed by atoms with E-state index in [1.807, 2.05) is 49.4 Å². The van der Waals surface area contributed by atoms with Gasteiger partial charge in [-0.25, -0.2) is 0 Å². The van der Waals surface area contributed by atoms with E-state index in [1.165, 1.54) is 0 Å². The minimum Gasteiger partial charge on any atom is -0.497 e. The SMILES string of the molecule is COc1cccc(C#CC(=O)c2oc3ccccc3c2C)c1. The molecule has 0 N–H and O–H groups in total. The predicted octanol–water partition coefficient (Wildman–Crippen LogP) is 3.98. The highest BCUT2D eigenvalue weighted by Crippen LogP contribution is 2.25. The van der Waals surface area contributed by atoms with E-state index in [0.29, 0.717) is 17.1 Å². The number of ether oxygens (including phenoxy) is 1. The molecule has 0 aliphatic carbocycles. The van der Waals surface area contributed by atoms with E-state index in [-0.39, 0.29) is 5.78 Å². The monoisotopic (exact) mass is 290 g/mol. The number of Topliss-reactive ketones (excluding diaryl/α,β-unsaturated/α-hetero) is 1. The first-order chi connectivity index (χ1) is 10.7. The van der Waals surface area contributed by atoms with Crippen LogP contribution in [-0.2, 0) is 0 Å². The molecule has 3 heteroatoms. The Labute approximate surface area is 128 Å². The highest BCUT2D eigenvalue weighted by atomic mass is 16.5. The molecule has 22 heavy (non-hydrogen) atoms. The van der Waals surface area contributed by atoms with Gasteiger partial charge in [0, 0.05) is 16.5 Å². The average Bonchev–Trinajstić information content (AvgIpc) is 2.90. The fourth-order valence-electron chi connectivity index (χ4n) is 2.28. The van der Waals surface area contributed by atoms with E-state index in [1.54, 1.807) is 13.2 Å². The molecule has 0 spiro atoms. The number of benzene rings is 2. The van der Waals surface area contributed by atoms with Crippen LogP contribution >= 0.6 is 0 Å². The number of ketones is 1. The third-order valence-electron chi connectivity index (χ3n) is 3.44. The summed E-state index contributed by atoms with van der Waals surface area (Å²) in [6, 6.07) is 14.8. The lowest BCUT2D eigenvalue weighted by Crippen LogP contribution is -1.95. The summed E-state index contributed by atoms with van der Waals surface area (Å²) in [6.45, 7) is 1.87. The lowest BCUT2D eigenvalue weighted by atomic mass is 10.1. The summed E-state index contributed by atoms with van der Waals surface area (Å²) in [5, 5.41) is 0.939. The van der Waals surface area contributed by atoms with Crippen molar-refractivity contribution in [2.24, 2.45) is 0 Å². The van der Waals surface area contributed by atoms with E-state index in [0.717, 1.165) is 16.5 Å². The lowest BCUT2D eigenvalue weighted by molar-refractivity contribution is 0.103. The number of furan rings is 1. The molecule has 1 heterocycles. The van der Waals surface area contributed by atoms with Crippen LogP contribution in [0.1, 0.15) is 21.7 Å². The highest BCUT2D eigenvalue weighted by Gasteiger charge is 2.15.